The molecule has 0 radical (unpaired) electrons. The Kier molecular flexibility index (Phi) is 3.93. The van der Waals surface area contributed by atoms with E-state index in [1.165, 1.54) is 0 Å². The summed E-state index contributed by atoms with van der Waals surface area (Å²) in [5, 5.41) is 7.87. The van der Waals surface area contributed by atoms with E-state index in [4.69, 9.17) is 14.9 Å². The van der Waals surface area contributed by atoms with Crippen LogP contribution in [0.4, 0.5) is 5.69 Å². The van der Waals surface area contributed by atoms with E-state index in [1.807, 2.05) is 36.4 Å². The molecular weight excluding hydrogens is 318 g/mol. The van der Waals surface area contributed by atoms with Crippen LogP contribution in [0, 0.1) is 0 Å². The van der Waals surface area contributed by atoms with Crippen LogP contribution in [0.25, 0.3) is 11.1 Å². The lowest BCUT2D eigenvalue weighted by atomic mass is 10.0. The Labute approximate surface area is 144 Å². The van der Waals surface area contributed by atoms with E-state index >= 15 is 0 Å². The lowest BCUT2D eigenvalue weighted by molar-refractivity contribution is 0.0438. The van der Waals surface area contributed by atoms with E-state index in [1.54, 1.807) is 12.1 Å². The van der Waals surface area contributed by atoms with Gasteiger partial charge in [0.1, 0.15) is 0 Å². The quantitative estimate of drug-likeness (QED) is 0.566. The molecule has 0 atom stereocenters. The van der Waals surface area contributed by atoms with E-state index in [0.717, 1.165) is 24.0 Å². The van der Waals surface area contributed by atoms with Crippen molar-refractivity contribution in [3.8, 4) is 11.1 Å². The summed E-state index contributed by atoms with van der Waals surface area (Å²) in [4.78, 5) is 12.4. The molecule has 1 aliphatic carbocycles. The molecule has 1 aromatic heterocycles. The number of nitrogen functional groups attached to an aromatic ring is 1. The first-order chi connectivity index (χ1) is 12.2. The minimum atomic E-state index is -0.513. The van der Waals surface area contributed by atoms with Crippen LogP contribution in [0.3, 0.4) is 0 Å². The number of benzene rings is 2. The van der Waals surface area contributed by atoms with Crippen LogP contribution < -0.4 is 5.73 Å². The highest BCUT2D eigenvalue weighted by Crippen LogP contribution is 2.39. The van der Waals surface area contributed by atoms with Gasteiger partial charge in [-0.25, -0.2) is 4.79 Å². The highest BCUT2D eigenvalue weighted by atomic mass is 16.5. The van der Waals surface area contributed by atoms with Crippen molar-refractivity contribution in [1.29, 1.82) is 0 Å². The maximum atomic E-state index is 12.4. The molecule has 6 heteroatoms. The fourth-order valence-electron chi connectivity index (χ4n) is 2.57. The third kappa shape index (κ3) is 3.38. The Morgan fingerprint density at radius 3 is 2.68 bits per heavy atom. The molecule has 0 aliphatic heterocycles. The van der Waals surface area contributed by atoms with Crippen LogP contribution in [-0.4, -0.2) is 16.2 Å². The third-order valence-corrected chi connectivity index (χ3v) is 4.12. The molecule has 0 spiro atoms. The van der Waals surface area contributed by atoms with E-state index in [2.05, 4.69) is 10.2 Å². The Morgan fingerprint density at radius 2 is 1.92 bits per heavy atom. The maximum absolute atomic E-state index is 12.4. The monoisotopic (exact) mass is 335 g/mol. The van der Waals surface area contributed by atoms with Crippen molar-refractivity contribution in [3.63, 3.8) is 0 Å². The van der Waals surface area contributed by atoms with Gasteiger partial charge in [-0.2, -0.15) is 0 Å². The summed E-state index contributed by atoms with van der Waals surface area (Å²) in [6, 6.07) is 15.1. The van der Waals surface area contributed by atoms with Gasteiger partial charge in [-0.3, -0.25) is 0 Å². The normalized spacial score (nSPS) is 13.6. The van der Waals surface area contributed by atoms with Crippen LogP contribution in [0.1, 0.15) is 40.9 Å². The van der Waals surface area contributed by atoms with E-state index in [-0.39, 0.29) is 6.61 Å². The van der Waals surface area contributed by atoms with Gasteiger partial charge in [-0.15, -0.1) is 10.2 Å². The predicted molar refractivity (Wildman–Crippen MR) is 91.7 cm³/mol. The van der Waals surface area contributed by atoms with E-state index in [9.17, 15) is 4.79 Å². The molecule has 6 nitrogen and oxygen atoms in total. The molecule has 1 fully saturated rings. The first kappa shape index (κ1) is 15.4. The topological polar surface area (TPSA) is 91.2 Å². The summed E-state index contributed by atoms with van der Waals surface area (Å²) in [6.45, 7) is -0.0619. The van der Waals surface area contributed by atoms with Crippen molar-refractivity contribution in [2.45, 2.75) is 25.4 Å². The summed E-state index contributed by atoms with van der Waals surface area (Å²) in [7, 11) is 0. The number of anilines is 1. The van der Waals surface area contributed by atoms with Crippen molar-refractivity contribution in [2.24, 2.45) is 0 Å². The van der Waals surface area contributed by atoms with Crippen LogP contribution in [0.5, 0.6) is 0 Å². The fraction of sp³-hybridized carbons (Fsp3) is 0.211. The number of rotatable bonds is 5. The molecule has 1 heterocycles. The fourth-order valence-corrected chi connectivity index (χ4v) is 2.57. The molecular formula is C19H17N3O3. The van der Waals surface area contributed by atoms with Gasteiger partial charge in [-0.05, 0) is 36.1 Å². The van der Waals surface area contributed by atoms with Gasteiger partial charge in [0.25, 0.3) is 5.89 Å². The van der Waals surface area contributed by atoms with Crippen LogP contribution in [0.15, 0.2) is 52.9 Å². The average Bonchev–Trinajstić information content (AvgIpc) is 3.39. The molecule has 3 aromatic rings. The first-order valence-corrected chi connectivity index (χ1v) is 8.15. The zero-order valence-electron chi connectivity index (χ0n) is 13.5. The number of hydrogen-bond donors (Lipinski definition) is 1. The second-order valence-electron chi connectivity index (χ2n) is 6.05. The highest BCUT2D eigenvalue weighted by molar-refractivity contribution is 5.96. The van der Waals surface area contributed by atoms with Gasteiger partial charge in [0.05, 0.1) is 5.56 Å². The summed E-state index contributed by atoms with van der Waals surface area (Å²) in [5.41, 5.74) is 8.53. The van der Waals surface area contributed by atoms with Crippen molar-refractivity contribution in [2.75, 3.05) is 5.73 Å². The number of nitrogens with zero attached hydrogens (tertiary/aromatic N) is 2. The smallest absolute Gasteiger partial charge is 0.340 e. The average molecular weight is 335 g/mol. The minimum Gasteiger partial charge on any atom is -0.452 e. The molecule has 4 rings (SSSR count). The Balaban J connectivity index is 1.48. The predicted octanol–water partition coefficient (Wildman–Crippen LogP) is 3.55. The number of aromatic nitrogens is 2. The molecule has 0 saturated heterocycles. The van der Waals surface area contributed by atoms with Crippen molar-refractivity contribution >= 4 is 11.7 Å². The molecule has 2 aromatic carbocycles. The number of carbonyl (C=O) groups is 1. The maximum Gasteiger partial charge on any atom is 0.340 e. The number of carbonyl (C=O) groups excluding carboxylic acids is 1. The lowest BCUT2D eigenvalue weighted by Gasteiger charge is -2.08. The highest BCUT2D eigenvalue weighted by Gasteiger charge is 2.29. The zero-order valence-corrected chi connectivity index (χ0v) is 13.5. The van der Waals surface area contributed by atoms with E-state index < -0.39 is 5.97 Å². The Morgan fingerprint density at radius 1 is 1.12 bits per heavy atom. The summed E-state index contributed by atoms with van der Waals surface area (Å²) < 4.78 is 10.8. The van der Waals surface area contributed by atoms with Gasteiger partial charge in [0, 0.05) is 11.6 Å². The lowest BCUT2D eigenvalue weighted by Crippen LogP contribution is -2.08. The van der Waals surface area contributed by atoms with Gasteiger partial charge >= 0.3 is 5.97 Å². The number of hydrogen-bond acceptors (Lipinski definition) is 6. The standard InChI is InChI=1S/C19H17N3O3/c20-16-9-8-14(12-4-2-1-3-5-12)10-15(16)19(23)24-11-17-21-22-18(25-17)13-6-7-13/h1-5,8-10,13H,6-7,11,20H2. The van der Waals surface area contributed by atoms with Crippen molar-refractivity contribution in [3.05, 3.63) is 65.9 Å². The second kappa shape index (κ2) is 6.39. The Hall–Kier alpha value is -3.15. The Bertz CT molecular complexity index is 901. The van der Waals surface area contributed by atoms with E-state index in [0.29, 0.717) is 29.0 Å². The van der Waals surface area contributed by atoms with Gasteiger partial charge in [0.15, 0.2) is 6.61 Å². The van der Waals surface area contributed by atoms with Crippen LogP contribution in [-0.2, 0) is 11.3 Å². The summed E-state index contributed by atoms with van der Waals surface area (Å²) >= 11 is 0. The molecule has 0 amide bonds. The number of ether oxygens (including phenoxy) is 1. The van der Waals surface area contributed by atoms with Crippen LogP contribution in [0.2, 0.25) is 0 Å². The summed E-state index contributed by atoms with van der Waals surface area (Å²) in [5.74, 6) is 0.779. The second-order valence-corrected chi connectivity index (χ2v) is 6.05. The SMILES string of the molecule is Nc1ccc(-c2ccccc2)cc1C(=O)OCc1nnc(C2CC2)o1. The van der Waals surface area contributed by atoms with Crippen molar-refractivity contribution in [1.82, 2.24) is 10.2 Å². The van der Waals surface area contributed by atoms with Gasteiger partial charge in [0.2, 0.25) is 5.89 Å². The molecule has 1 saturated carbocycles. The zero-order chi connectivity index (χ0) is 17.2. The van der Waals surface area contributed by atoms with Crippen molar-refractivity contribution < 1.29 is 13.9 Å². The largest absolute Gasteiger partial charge is 0.452 e. The minimum absolute atomic E-state index is 0.0619. The summed E-state index contributed by atoms with van der Waals surface area (Å²) in [6.07, 6.45) is 2.15. The first-order valence-electron chi connectivity index (χ1n) is 8.15. The third-order valence-electron chi connectivity index (χ3n) is 4.12. The molecule has 1 aliphatic rings. The number of esters is 1. The number of nitrogens with two attached hydrogens (primary N) is 1. The molecule has 126 valence electrons. The molecule has 0 unspecified atom stereocenters. The van der Waals surface area contributed by atoms with Gasteiger partial charge < -0.3 is 14.9 Å². The van der Waals surface area contributed by atoms with Gasteiger partial charge in [-0.1, -0.05) is 36.4 Å². The molecule has 2 N–H and O–H groups in total. The molecule has 0 bridgehead atoms. The molecule has 25 heavy (non-hydrogen) atoms. The van der Waals surface area contributed by atoms with Crippen LogP contribution >= 0.6 is 0 Å².